The van der Waals surface area contributed by atoms with E-state index in [4.69, 9.17) is 16.3 Å². The molecule has 0 unspecified atom stereocenters. The minimum Gasteiger partial charge on any atom is -0.468 e. The van der Waals surface area contributed by atoms with Crippen LogP contribution in [-0.2, 0) is 27.3 Å². The fraction of sp³-hybridized carbons (Fsp3) is 0.300. The van der Waals surface area contributed by atoms with Crippen molar-refractivity contribution in [3.05, 3.63) is 64.2 Å². The van der Waals surface area contributed by atoms with Crippen molar-refractivity contribution in [3.8, 4) is 0 Å². The molecule has 0 fully saturated rings. The highest BCUT2D eigenvalue weighted by molar-refractivity contribution is 6.31. The number of nitrogens with zero attached hydrogens (tertiary/aromatic N) is 1. The summed E-state index contributed by atoms with van der Waals surface area (Å²) >= 11 is 6.11. The first kappa shape index (κ1) is 18.4. The van der Waals surface area contributed by atoms with Crippen LogP contribution < -0.4 is 5.32 Å². The van der Waals surface area contributed by atoms with Crippen LogP contribution in [0.4, 0.5) is 5.69 Å². The zero-order chi connectivity index (χ0) is 18.7. The maximum absolute atomic E-state index is 12.6. The molecule has 1 aliphatic heterocycles. The van der Waals surface area contributed by atoms with Crippen LogP contribution in [0.3, 0.4) is 0 Å². The van der Waals surface area contributed by atoms with Gasteiger partial charge in [-0.1, -0.05) is 41.9 Å². The molecule has 0 aromatic heterocycles. The lowest BCUT2D eigenvalue weighted by atomic mass is 9.94. The highest BCUT2D eigenvalue weighted by Gasteiger charge is 2.33. The molecule has 2 aromatic rings. The van der Waals surface area contributed by atoms with Gasteiger partial charge in [-0.25, -0.2) is 0 Å². The summed E-state index contributed by atoms with van der Waals surface area (Å²) in [5.41, 5.74) is 3.73. The van der Waals surface area contributed by atoms with E-state index in [1.54, 1.807) is 12.1 Å². The van der Waals surface area contributed by atoms with E-state index in [1.807, 2.05) is 42.2 Å². The van der Waals surface area contributed by atoms with Gasteiger partial charge in [0.25, 0.3) is 0 Å². The van der Waals surface area contributed by atoms with Gasteiger partial charge in [-0.3, -0.25) is 14.5 Å². The number of hydrogen-bond donors (Lipinski definition) is 1. The predicted octanol–water partition coefficient (Wildman–Crippen LogP) is 3.19. The third kappa shape index (κ3) is 3.89. The number of methoxy groups -OCH3 is 1. The Morgan fingerprint density at radius 3 is 2.65 bits per heavy atom. The van der Waals surface area contributed by atoms with E-state index in [1.165, 1.54) is 7.11 Å². The molecule has 0 bridgehead atoms. The normalized spacial score (nSPS) is 16.7. The Hall–Kier alpha value is -2.37. The van der Waals surface area contributed by atoms with E-state index in [-0.39, 0.29) is 18.4 Å². The van der Waals surface area contributed by atoms with Gasteiger partial charge >= 0.3 is 5.97 Å². The van der Waals surface area contributed by atoms with Crippen LogP contribution in [0.25, 0.3) is 0 Å². The van der Waals surface area contributed by atoms with Crippen molar-refractivity contribution in [2.75, 3.05) is 19.0 Å². The van der Waals surface area contributed by atoms with Crippen molar-refractivity contribution in [2.24, 2.45) is 0 Å². The quantitative estimate of drug-likeness (QED) is 0.837. The smallest absolute Gasteiger partial charge is 0.323 e. The summed E-state index contributed by atoms with van der Waals surface area (Å²) in [6.07, 6.45) is 0.534. The molecular weight excluding hydrogens is 352 g/mol. The van der Waals surface area contributed by atoms with Crippen molar-refractivity contribution in [1.29, 1.82) is 0 Å². The molecule has 0 spiro atoms. The second-order valence-corrected chi connectivity index (χ2v) is 6.78. The second kappa shape index (κ2) is 7.89. The first-order chi connectivity index (χ1) is 12.5. The van der Waals surface area contributed by atoms with Crippen molar-refractivity contribution >= 4 is 29.2 Å². The predicted molar refractivity (Wildman–Crippen MR) is 101 cm³/mol. The van der Waals surface area contributed by atoms with Gasteiger partial charge in [0.2, 0.25) is 5.91 Å². The summed E-state index contributed by atoms with van der Waals surface area (Å²) in [5, 5.41) is 3.48. The molecule has 1 atom stereocenters. The van der Waals surface area contributed by atoms with Crippen molar-refractivity contribution in [3.63, 3.8) is 0 Å². The third-order valence-electron chi connectivity index (χ3n) is 4.71. The van der Waals surface area contributed by atoms with Gasteiger partial charge in [-0.15, -0.1) is 0 Å². The lowest BCUT2D eigenvalue weighted by Gasteiger charge is -2.34. The summed E-state index contributed by atoms with van der Waals surface area (Å²) in [6, 6.07) is 12.9. The minimum atomic E-state index is -0.471. The summed E-state index contributed by atoms with van der Waals surface area (Å²) < 4.78 is 4.94. The SMILES string of the molecule is COC(=O)[C@H]1Cc2ccccc2CN1CC(=O)Nc1cccc(Cl)c1C. The van der Waals surface area contributed by atoms with E-state index >= 15 is 0 Å². The van der Waals surface area contributed by atoms with Crippen molar-refractivity contribution in [1.82, 2.24) is 4.90 Å². The molecule has 26 heavy (non-hydrogen) atoms. The Kier molecular flexibility index (Phi) is 5.59. The fourth-order valence-electron chi connectivity index (χ4n) is 3.23. The Morgan fingerprint density at radius 1 is 1.19 bits per heavy atom. The number of benzene rings is 2. The number of hydrogen-bond acceptors (Lipinski definition) is 4. The number of carbonyl (C=O) groups excluding carboxylic acids is 2. The molecule has 1 N–H and O–H groups in total. The minimum absolute atomic E-state index is 0.0973. The fourth-order valence-corrected chi connectivity index (χ4v) is 3.40. The van der Waals surface area contributed by atoms with Crippen LogP contribution in [-0.4, -0.2) is 36.5 Å². The lowest BCUT2D eigenvalue weighted by molar-refractivity contribution is -0.148. The number of esters is 1. The van der Waals surface area contributed by atoms with Crippen LogP contribution >= 0.6 is 11.6 Å². The highest BCUT2D eigenvalue weighted by atomic mass is 35.5. The number of ether oxygens (including phenoxy) is 1. The first-order valence-electron chi connectivity index (χ1n) is 8.43. The van der Waals surface area contributed by atoms with Crippen LogP contribution in [0.2, 0.25) is 5.02 Å². The van der Waals surface area contributed by atoms with Gasteiger partial charge in [0, 0.05) is 17.3 Å². The van der Waals surface area contributed by atoms with Gasteiger partial charge in [0.15, 0.2) is 0 Å². The zero-order valence-electron chi connectivity index (χ0n) is 14.8. The maximum atomic E-state index is 12.6. The number of halogens is 1. The average molecular weight is 373 g/mol. The Labute approximate surface area is 157 Å². The summed E-state index contributed by atoms with van der Waals surface area (Å²) in [7, 11) is 1.37. The number of amides is 1. The van der Waals surface area contributed by atoms with Crippen LogP contribution in [0.15, 0.2) is 42.5 Å². The summed E-state index contributed by atoms with van der Waals surface area (Å²) in [5.74, 6) is -0.519. The van der Waals surface area contributed by atoms with Crippen LogP contribution in [0, 0.1) is 6.92 Å². The molecule has 0 radical (unpaired) electrons. The van der Waals surface area contributed by atoms with Crippen molar-refractivity contribution in [2.45, 2.75) is 25.9 Å². The molecule has 1 amide bonds. The monoisotopic (exact) mass is 372 g/mol. The number of fused-ring (bicyclic) bond motifs is 1. The Bertz CT molecular complexity index is 838. The third-order valence-corrected chi connectivity index (χ3v) is 5.12. The number of anilines is 1. The molecule has 0 aliphatic carbocycles. The van der Waals surface area contributed by atoms with Gasteiger partial charge in [0.05, 0.1) is 13.7 Å². The van der Waals surface area contributed by atoms with Crippen molar-refractivity contribution < 1.29 is 14.3 Å². The van der Waals surface area contributed by atoms with E-state index in [9.17, 15) is 9.59 Å². The lowest BCUT2D eigenvalue weighted by Crippen LogP contribution is -2.49. The maximum Gasteiger partial charge on any atom is 0.323 e. The van der Waals surface area contributed by atoms with Gasteiger partial charge in [-0.05, 0) is 42.2 Å². The summed E-state index contributed by atoms with van der Waals surface area (Å²) in [6.45, 7) is 2.48. The molecule has 3 rings (SSSR count). The number of rotatable bonds is 4. The molecule has 136 valence electrons. The van der Waals surface area contributed by atoms with E-state index < -0.39 is 6.04 Å². The van der Waals surface area contributed by atoms with Gasteiger partial charge in [-0.2, -0.15) is 0 Å². The average Bonchev–Trinajstić information content (AvgIpc) is 2.64. The largest absolute Gasteiger partial charge is 0.468 e. The number of nitrogens with one attached hydrogen (secondary N) is 1. The van der Waals surface area contributed by atoms with E-state index in [2.05, 4.69) is 5.32 Å². The summed E-state index contributed by atoms with van der Waals surface area (Å²) in [4.78, 5) is 26.6. The van der Waals surface area contributed by atoms with Gasteiger partial charge < -0.3 is 10.1 Å². The zero-order valence-corrected chi connectivity index (χ0v) is 15.5. The van der Waals surface area contributed by atoms with E-state index in [0.29, 0.717) is 23.7 Å². The molecule has 1 heterocycles. The van der Waals surface area contributed by atoms with Crippen LogP contribution in [0.1, 0.15) is 16.7 Å². The molecule has 0 saturated heterocycles. The topological polar surface area (TPSA) is 58.6 Å². The standard InChI is InChI=1S/C20H21ClN2O3/c1-13-16(21)8-5-9-17(13)22-19(24)12-23-11-15-7-4-3-6-14(15)10-18(23)20(25)26-2/h3-9,18H,10-12H2,1-2H3,(H,22,24)/t18-/m1/s1. The molecule has 6 heteroatoms. The highest BCUT2D eigenvalue weighted by Crippen LogP contribution is 2.25. The first-order valence-corrected chi connectivity index (χ1v) is 8.81. The molecule has 0 saturated carbocycles. The number of carbonyl (C=O) groups is 2. The second-order valence-electron chi connectivity index (χ2n) is 6.38. The molecular formula is C20H21ClN2O3. The molecule has 1 aliphatic rings. The molecule has 2 aromatic carbocycles. The van der Waals surface area contributed by atoms with Crippen LogP contribution in [0.5, 0.6) is 0 Å². The Morgan fingerprint density at radius 2 is 1.92 bits per heavy atom. The Balaban J connectivity index is 1.76. The van der Waals surface area contributed by atoms with Gasteiger partial charge in [0.1, 0.15) is 6.04 Å². The van der Waals surface area contributed by atoms with E-state index in [0.717, 1.165) is 16.7 Å². The molecule has 5 nitrogen and oxygen atoms in total.